The van der Waals surface area contributed by atoms with Crippen LogP contribution in [0.3, 0.4) is 0 Å². The predicted molar refractivity (Wildman–Crippen MR) is 61.5 cm³/mol. The van der Waals surface area contributed by atoms with Gasteiger partial charge in [-0.25, -0.2) is 0 Å². The van der Waals surface area contributed by atoms with Crippen LogP contribution in [-0.2, 0) is 4.79 Å². The number of carbonyl (C=O) groups excluding carboxylic acids is 1. The third-order valence-corrected chi connectivity index (χ3v) is 2.95. The number of likely N-dealkylation sites (tertiary alicyclic amines) is 1. The number of nitrogens with zero attached hydrogens (tertiary/aromatic N) is 1. The normalized spacial score (nSPS) is 27.3. The van der Waals surface area contributed by atoms with E-state index in [9.17, 15) is 4.79 Å². The summed E-state index contributed by atoms with van der Waals surface area (Å²) < 4.78 is 0. The smallest absolute Gasteiger partial charge is 0.234 e. The van der Waals surface area contributed by atoms with Crippen molar-refractivity contribution in [2.45, 2.75) is 33.2 Å². The summed E-state index contributed by atoms with van der Waals surface area (Å²) in [6.45, 7) is 9.28. The fourth-order valence-corrected chi connectivity index (χ4v) is 2.00. The molecule has 1 fully saturated rings. The molecule has 1 unspecified atom stereocenters. The Hall–Kier alpha value is -0.610. The lowest BCUT2D eigenvalue weighted by Gasteiger charge is -2.22. The number of nitrogens with one attached hydrogen (secondary N) is 1. The maximum atomic E-state index is 11.5. The molecule has 1 atom stereocenters. The maximum absolute atomic E-state index is 11.5. The van der Waals surface area contributed by atoms with Crippen LogP contribution < -0.4 is 11.1 Å². The van der Waals surface area contributed by atoms with E-state index in [4.69, 9.17) is 5.73 Å². The first kappa shape index (κ1) is 12.5. The Labute approximate surface area is 92.2 Å². The monoisotopic (exact) mass is 213 g/mol. The van der Waals surface area contributed by atoms with Crippen LogP contribution in [0, 0.1) is 5.41 Å². The van der Waals surface area contributed by atoms with Gasteiger partial charge in [0.1, 0.15) is 0 Å². The minimum Gasteiger partial charge on any atom is -0.353 e. The molecule has 4 nitrogen and oxygen atoms in total. The lowest BCUT2D eigenvalue weighted by molar-refractivity contribution is -0.122. The van der Waals surface area contributed by atoms with Crippen molar-refractivity contribution in [2.75, 3.05) is 26.2 Å². The van der Waals surface area contributed by atoms with E-state index in [1.54, 1.807) is 0 Å². The van der Waals surface area contributed by atoms with Gasteiger partial charge in [0.2, 0.25) is 5.91 Å². The van der Waals surface area contributed by atoms with Crippen LogP contribution in [0.2, 0.25) is 0 Å². The molecule has 15 heavy (non-hydrogen) atoms. The summed E-state index contributed by atoms with van der Waals surface area (Å²) in [5, 5.41) is 2.90. The second kappa shape index (κ2) is 4.94. The molecule has 1 saturated heterocycles. The van der Waals surface area contributed by atoms with Gasteiger partial charge in [0.25, 0.3) is 0 Å². The highest BCUT2D eigenvalue weighted by molar-refractivity contribution is 5.78. The second-order valence-corrected chi connectivity index (χ2v) is 5.20. The number of nitrogens with two attached hydrogens (primary N) is 1. The number of amides is 1. The topological polar surface area (TPSA) is 58.4 Å². The van der Waals surface area contributed by atoms with E-state index in [0.29, 0.717) is 13.1 Å². The van der Waals surface area contributed by atoms with E-state index < -0.39 is 0 Å². The molecule has 0 aromatic rings. The standard InChI is InChI=1S/C11H23N3O/c1-9(2)13-10(15)6-14-5-4-11(3,7-12)8-14/h9H,4-8,12H2,1-3H3,(H,13,15). The lowest BCUT2D eigenvalue weighted by Crippen LogP contribution is -2.40. The molecule has 1 aliphatic heterocycles. The minimum atomic E-state index is 0.117. The quantitative estimate of drug-likeness (QED) is 0.700. The summed E-state index contributed by atoms with van der Waals surface area (Å²) in [6.07, 6.45) is 1.10. The largest absolute Gasteiger partial charge is 0.353 e. The van der Waals surface area contributed by atoms with E-state index in [1.807, 2.05) is 13.8 Å². The first-order valence-corrected chi connectivity index (χ1v) is 5.67. The van der Waals surface area contributed by atoms with Crippen molar-refractivity contribution in [3.63, 3.8) is 0 Å². The Morgan fingerprint density at radius 3 is 2.73 bits per heavy atom. The van der Waals surface area contributed by atoms with E-state index >= 15 is 0 Å². The Kier molecular flexibility index (Phi) is 4.11. The fraction of sp³-hybridized carbons (Fsp3) is 0.909. The average molecular weight is 213 g/mol. The Bertz CT molecular complexity index is 230. The number of hydrogen-bond donors (Lipinski definition) is 2. The molecule has 1 aliphatic rings. The zero-order chi connectivity index (χ0) is 11.5. The summed E-state index contributed by atoms with van der Waals surface area (Å²) in [4.78, 5) is 13.7. The lowest BCUT2D eigenvalue weighted by atomic mass is 9.90. The van der Waals surface area contributed by atoms with Gasteiger partial charge in [-0.1, -0.05) is 6.92 Å². The van der Waals surface area contributed by atoms with Crippen molar-refractivity contribution in [1.29, 1.82) is 0 Å². The van der Waals surface area contributed by atoms with Gasteiger partial charge < -0.3 is 11.1 Å². The van der Waals surface area contributed by atoms with Gasteiger partial charge in [-0.15, -0.1) is 0 Å². The fourth-order valence-electron chi connectivity index (χ4n) is 2.00. The summed E-state index contributed by atoms with van der Waals surface area (Å²) >= 11 is 0. The van der Waals surface area contributed by atoms with Crippen LogP contribution in [0.25, 0.3) is 0 Å². The van der Waals surface area contributed by atoms with Crippen molar-refractivity contribution in [3.05, 3.63) is 0 Å². The van der Waals surface area contributed by atoms with Crippen molar-refractivity contribution in [2.24, 2.45) is 11.1 Å². The first-order valence-electron chi connectivity index (χ1n) is 5.67. The van der Waals surface area contributed by atoms with Crippen LogP contribution >= 0.6 is 0 Å². The molecule has 3 N–H and O–H groups in total. The molecule has 0 aromatic heterocycles. The van der Waals surface area contributed by atoms with Gasteiger partial charge in [0, 0.05) is 12.6 Å². The SMILES string of the molecule is CC(C)NC(=O)CN1CCC(C)(CN)C1. The Balaban J connectivity index is 2.33. The van der Waals surface area contributed by atoms with E-state index in [0.717, 1.165) is 19.5 Å². The third-order valence-electron chi connectivity index (χ3n) is 2.95. The van der Waals surface area contributed by atoms with Gasteiger partial charge in [-0.3, -0.25) is 9.69 Å². The van der Waals surface area contributed by atoms with E-state index in [-0.39, 0.29) is 17.4 Å². The summed E-state index contributed by atoms with van der Waals surface area (Å²) in [5.74, 6) is 0.117. The molecule has 0 aromatic carbocycles. The van der Waals surface area contributed by atoms with Crippen molar-refractivity contribution in [3.8, 4) is 0 Å². The van der Waals surface area contributed by atoms with E-state index in [1.165, 1.54) is 0 Å². The summed E-state index contributed by atoms with van der Waals surface area (Å²) in [6, 6.07) is 0.223. The first-order chi connectivity index (χ1) is 6.95. The second-order valence-electron chi connectivity index (χ2n) is 5.20. The van der Waals surface area contributed by atoms with E-state index in [2.05, 4.69) is 17.1 Å². The molecule has 88 valence electrons. The van der Waals surface area contributed by atoms with Gasteiger partial charge in [0.15, 0.2) is 0 Å². The molecule has 4 heteroatoms. The molecule has 0 radical (unpaired) electrons. The molecular formula is C11H23N3O. The van der Waals surface area contributed by atoms with Crippen LogP contribution in [0.5, 0.6) is 0 Å². The molecule has 1 heterocycles. The van der Waals surface area contributed by atoms with Gasteiger partial charge in [-0.2, -0.15) is 0 Å². The molecule has 0 bridgehead atoms. The van der Waals surface area contributed by atoms with Crippen LogP contribution in [0.1, 0.15) is 27.2 Å². The molecule has 1 amide bonds. The predicted octanol–water partition coefficient (Wildman–Crippen LogP) is 0.182. The molecule has 0 aliphatic carbocycles. The maximum Gasteiger partial charge on any atom is 0.234 e. The Morgan fingerprint density at radius 2 is 2.27 bits per heavy atom. The van der Waals surface area contributed by atoms with Gasteiger partial charge in [-0.05, 0) is 38.8 Å². The Morgan fingerprint density at radius 1 is 1.60 bits per heavy atom. The molecule has 0 saturated carbocycles. The number of hydrogen-bond acceptors (Lipinski definition) is 3. The molecule has 0 spiro atoms. The van der Waals surface area contributed by atoms with Gasteiger partial charge >= 0.3 is 0 Å². The highest BCUT2D eigenvalue weighted by atomic mass is 16.2. The average Bonchev–Trinajstić information content (AvgIpc) is 2.47. The van der Waals surface area contributed by atoms with Crippen LogP contribution in [0.4, 0.5) is 0 Å². The summed E-state index contributed by atoms with van der Waals surface area (Å²) in [7, 11) is 0. The minimum absolute atomic E-state index is 0.117. The molecular weight excluding hydrogens is 190 g/mol. The zero-order valence-electron chi connectivity index (χ0n) is 10.0. The van der Waals surface area contributed by atoms with Crippen molar-refractivity contribution in [1.82, 2.24) is 10.2 Å². The molecule has 1 rings (SSSR count). The van der Waals surface area contributed by atoms with Crippen LogP contribution in [0.15, 0.2) is 0 Å². The highest BCUT2D eigenvalue weighted by Gasteiger charge is 2.32. The van der Waals surface area contributed by atoms with Crippen molar-refractivity contribution >= 4 is 5.91 Å². The number of rotatable bonds is 4. The van der Waals surface area contributed by atoms with Gasteiger partial charge in [0.05, 0.1) is 6.54 Å². The third kappa shape index (κ3) is 3.80. The highest BCUT2D eigenvalue weighted by Crippen LogP contribution is 2.27. The number of carbonyl (C=O) groups is 1. The van der Waals surface area contributed by atoms with Crippen LogP contribution in [-0.4, -0.2) is 43.0 Å². The summed E-state index contributed by atoms with van der Waals surface area (Å²) in [5.41, 5.74) is 5.92. The van der Waals surface area contributed by atoms with Crippen molar-refractivity contribution < 1.29 is 4.79 Å². The zero-order valence-corrected chi connectivity index (χ0v) is 10.0.